The zero-order valence-electron chi connectivity index (χ0n) is 11.4. The van der Waals surface area contributed by atoms with Crippen molar-refractivity contribution in [3.05, 3.63) is 28.5 Å². The normalized spacial score (nSPS) is 15.9. The smallest absolute Gasteiger partial charge is 0.0410 e. The van der Waals surface area contributed by atoms with Crippen molar-refractivity contribution in [3.8, 4) is 0 Å². The lowest BCUT2D eigenvalue weighted by molar-refractivity contribution is 0.245. The Morgan fingerprint density at radius 2 is 2.06 bits per heavy atom. The second-order valence-corrected chi connectivity index (χ2v) is 6.47. The van der Waals surface area contributed by atoms with E-state index in [1.807, 2.05) is 12.4 Å². The summed E-state index contributed by atoms with van der Waals surface area (Å²) in [6.07, 6.45) is 10.1. The predicted molar refractivity (Wildman–Crippen MR) is 79.7 cm³/mol. The molecular weight excluding hydrogens is 288 g/mol. The summed E-state index contributed by atoms with van der Waals surface area (Å²) in [6.45, 7) is 5.75. The van der Waals surface area contributed by atoms with Crippen LogP contribution in [0.25, 0.3) is 0 Å². The first-order valence-corrected chi connectivity index (χ1v) is 7.79. The van der Waals surface area contributed by atoms with Gasteiger partial charge in [0.1, 0.15) is 0 Å². The van der Waals surface area contributed by atoms with Gasteiger partial charge in [-0.25, -0.2) is 0 Å². The molecule has 0 aromatic carbocycles. The van der Waals surface area contributed by atoms with E-state index in [1.165, 1.54) is 31.2 Å². The van der Waals surface area contributed by atoms with Crippen LogP contribution in [0.4, 0.5) is 0 Å². The number of nitrogens with zero attached hydrogens (tertiary/aromatic N) is 1. The zero-order chi connectivity index (χ0) is 13.0. The maximum atomic E-state index is 4.28. The first-order chi connectivity index (χ1) is 8.67. The molecule has 0 radical (unpaired) electrons. The topological polar surface area (TPSA) is 24.9 Å². The Labute approximate surface area is 119 Å². The highest BCUT2D eigenvalue weighted by atomic mass is 79.9. The number of pyridine rings is 1. The molecule has 0 aliphatic heterocycles. The third-order valence-electron chi connectivity index (χ3n) is 4.18. The van der Waals surface area contributed by atoms with Gasteiger partial charge in [-0.05, 0) is 65.1 Å². The lowest BCUT2D eigenvalue weighted by Crippen LogP contribution is -2.36. The van der Waals surface area contributed by atoms with Crippen LogP contribution >= 0.6 is 15.9 Å². The van der Waals surface area contributed by atoms with Gasteiger partial charge in [-0.15, -0.1) is 0 Å². The SMILES string of the molecule is CCC(CC)(CNC1CC1)Cc1cncc(Br)c1. The van der Waals surface area contributed by atoms with Crippen molar-refractivity contribution < 1.29 is 0 Å². The van der Waals surface area contributed by atoms with Crippen LogP contribution in [-0.2, 0) is 6.42 Å². The fourth-order valence-corrected chi connectivity index (χ4v) is 2.86. The van der Waals surface area contributed by atoms with Gasteiger partial charge in [0.05, 0.1) is 0 Å². The first kappa shape index (κ1) is 14.0. The van der Waals surface area contributed by atoms with Crippen molar-refractivity contribution in [2.45, 2.75) is 52.0 Å². The molecule has 1 aromatic rings. The molecule has 0 unspecified atom stereocenters. The molecule has 2 nitrogen and oxygen atoms in total. The van der Waals surface area contributed by atoms with Gasteiger partial charge in [0, 0.05) is 29.5 Å². The molecule has 1 aliphatic carbocycles. The zero-order valence-corrected chi connectivity index (χ0v) is 13.0. The Bertz CT molecular complexity index is 384. The second kappa shape index (κ2) is 6.16. The monoisotopic (exact) mass is 310 g/mol. The largest absolute Gasteiger partial charge is 0.313 e. The molecule has 0 amide bonds. The van der Waals surface area contributed by atoms with Gasteiger partial charge in [-0.3, -0.25) is 4.98 Å². The molecule has 0 saturated heterocycles. The Hall–Kier alpha value is -0.410. The molecule has 1 saturated carbocycles. The van der Waals surface area contributed by atoms with Crippen LogP contribution in [0.1, 0.15) is 45.1 Å². The minimum absolute atomic E-state index is 0.380. The van der Waals surface area contributed by atoms with Crippen LogP contribution in [0.5, 0.6) is 0 Å². The van der Waals surface area contributed by atoms with E-state index in [0.717, 1.165) is 23.5 Å². The van der Waals surface area contributed by atoms with Gasteiger partial charge >= 0.3 is 0 Å². The number of hydrogen-bond donors (Lipinski definition) is 1. The Balaban J connectivity index is 2.03. The van der Waals surface area contributed by atoms with E-state index < -0.39 is 0 Å². The molecule has 0 spiro atoms. The molecule has 0 atom stereocenters. The maximum absolute atomic E-state index is 4.28. The van der Waals surface area contributed by atoms with Gasteiger partial charge in [0.2, 0.25) is 0 Å². The van der Waals surface area contributed by atoms with Crippen molar-refractivity contribution in [1.29, 1.82) is 0 Å². The van der Waals surface area contributed by atoms with Gasteiger partial charge in [0.25, 0.3) is 0 Å². The number of hydrogen-bond acceptors (Lipinski definition) is 2. The lowest BCUT2D eigenvalue weighted by Gasteiger charge is -2.32. The molecule has 0 bridgehead atoms. The number of nitrogens with one attached hydrogen (secondary N) is 1. The summed E-state index contributed by atoms with van der Waals surface area (Å²) >= 11 is 3.51. The van der Waals surface area contributed by atoms with E-state index in [-0.39, 0.29) is 0 Å². The quantitative estimate of drug-likeness (QED) is 0.825. The standard InChI is InChI=1S/C15H23BrN2/c1-3-15(4-2,11-18-14-5-6-14)8-12-7-13(16)10-17-9-12/h7,9-10,14,18H,3-6,8,11H2,1-2H3. The lowest BCUT2D eigenvalue weighted by atomic mass is 9.77. The fraction of sp³-hybridized carbons (Fsp3) is 0.667. The van der Waals surface area contributed by atoms with Crippen molar-refractivity contribution >= 4 is 15.9 Å². The van der Waals surface area contributed by atoms with Crippen LogP contribution in [0.3, 0.4) is 0 Å². The maximum Gasteiger partial charge on any atom is 0.0410 e. The molecule has 2 rings (SSSR count). The van der Waals surface area contributed by atoms with E-state index in [2.05, 4.69) is 46.1 Å². The first-order valence-electron chi connectivity index (χ1n) is 7.00. The van der Waals surface area contributed by atoms with Gasteiger partial charge < -0.3 is 5.32 Å². The van der Waals surface area contributed by atoms with Crippen molar-refractivity contribution in [2.24, 2.45) is 5.41 Å². The van der Waals surface area contributed by atoms with E-state index in [0.29, 0.717) is 5.41 Å². The summed E-state index contributed by atoms with van der Waals surface area (Å²) in [5, 5.41) is 3.70. The highest BCUT2D eigenvalue weighted by molar-refractivity contribution is 9.10. The van der Waals surface area contributed by atoms with Crippen molar-refractivity contribution in [1.82, 2.24) is 10.3 Å². The molecule has 100 valence electrons. The highest BCUT2D eigenvalue weighted by Crippen LogP contribution is 2.32. The summed E-state index contributed by atoms with van der Waals surface area (Å²) in [5.74, 6) is 0. The fourth-order valence-electron chi connectivity index (χ4n) is 2.45. The number of rotatable bonds is 7. The summed E-state index contributed by atoms with van der Waals surface area (Å²) in [7, 11) is 0. The highest BCUT2D eigenvalue weighted by Gasteiger charge is 2.30. The minimum Gasteiger partial charge on any atom is -0.313 e. The van der Waals surface area contributed by atoms with E-state index in [9.17, 15) is 0 Å². The molecule has 1 aliphatic rings. The van der Waals surface area contributed by atoms with Gasteiger partial charge in [-0.2, -0.15) is 0 Å². The Kier molecular flexibility index (Phi) is 4.79. The summed E-state index contributed by atoms with van der Waals surface area (Å²) in [4.78, 5) is 4.28. The third-order valence-corrected chi connectivity index (χ3v) is 4.62. The molecule has 1 heterocycles. The van der Waals surface area contributed by atoms with E-state index >= 15 is 0 Å². The molecular formula is C15H23BrN2. The van der Waals surface area contributed by atoms with Crippen LogP contribution in [0.15, 0.2) is 22.9 Å². The summed E-state index contributed by atoms with van der Waals surface area (Å²) in [5.41, 5.74) is 1.72. The molecule has 3 heteroatoms. The molecule has 18 heavy (non-hydrogen) atoms. The Morgan fingerprint density at radius 3 is 2.61 bits per heavy atom. The van der Waals surface area contributed by atoms with Crippen molar-refractivity contribution in [3.63, 3.8) is 0 Å². The van der Waals surface area contributed by atoms with Crippen molar-refractivity contribution in [2.75, 3.05) is 6.54 Å². The molecule has 1 N–H and O–H groups in total. The van der Waals surface area contributed by atoms with Gasteiger partial charge in [0.15, 0.2) is 0 Å². The Morgan fingerprint density at radius 1 is 1.33 bits per heavy atom. The minimum atomic E-state index is 0.380. The predicted octanol–water partition coefficient (Wildman–Crippen LogP) is 3.95. The third kappa shape index (κ3) is 3.79. The summed E-state index contributed by atoms with van der Waals surface area (Å²) < 4.78 is 1.08. The van der Waals surface area contributed by atoms with Crippen LogP contribution in [0.2, 0.25) is 0 Å². The second-order valence-electron chi connectivity index (χ2n) is 5.55. The number of aromatic nitrogens is 1. The van der Waals surface area contributed by atoms with Crippen LogP contribution < -0.4 is 5.32 Å². The van der Waals surface area contributed by atoms with Crippen LogP contribution in [-0.4, -0.2) is 17.6 Å². The van der Waals surface area contributed by atoms with E-state index in [1.54, 1.807) is 0 Å². The molecule has 1 aromatic heterocycles. The average Bonchev–Trinajstić information content (AvgIpc) is 3.19. The average molecular weight is 311 g/mol. The van der Waals surface area contributed by atoms with Gasteiger partial charge in [-0.1, -0.05) is 13.8 Å². The van der Waals surface area contributed by atoms with E-state index in [4.69, 9.17) is 0 Å². The summed E-state index contributed by atoms with van der Waals surface area (Å²) in [6, 6.07) is 2.99. The number of halogens is 1. The van der Waals surface area contributed by atoms with Crippen LogP contribution in [0, 0.1) is 5.41 Å². The molecule has 1 fully saturated rings.